The smallest absolute Gasteiger partial charge is 0.183 e. The predicted octanol–water partition coefficient (Wildman–Crippen LogP) is 3.34. The number of ether oxygens (including phenoxy) is 1. The van der Waals surface area contributed by atoms with Crippen LogP contribution in [0, 0.1) is 19.8 Å². The summed E-state index contributed by atoms with van der Waals surface area (Å²) in [5, 5.41) is 16.4. The molecule has 2 heterocycles. The molecule has 0 saturated heterocycles. The number of rotatable bonds is 8. The van der Waals surface area contributed by atoms with Gasteiger partial charge < -0.3 is 10.1 Å². The Hall–Kier alpha value is -2.80. The van der Waals surface area contributed by atoms with Crippen LogP contribution in [0.1, 0.15) is 36.5 Å². The van der Waals surface area contributed by atoms with E-state index in [9.17, 15) is 0 Å². The van der Waals surface area contributed by atoms with Gasteiger partial charge in [-0.15, -0.1) is 5.10 Å². The Morgan fingerprint density at radius 1 is 1.18 bits per heavy atom. The highest BCUT2D eigenvalue weighted by atomic mass is 16.5. The Morgan fingerprint density at radius 3 is 2.64 bits per heavy atom. The molecule has 0 bridgehead atoms. The van der Waals surface area contributed by atoms with Gasteiger partial charge >= 0.3 is 0 Å². The fourth-order valence-corrected chi connectivity index (χ4v) is 3.51. The summed E-state index contributed by atoms with van der Waals surface area (Å²) in [6, 6.07) is 12.3. The highest BCUT2D eigenvalue weighted by Gasteiger charge is 2.44. The minimum Gasteiger partial charge on any atom is -0.383 e. The molecular weight excluding hydrogens is 352 g/mol. The molecule has 1 aromatic carbocycles. The first-order chi connectivity index (χ1) is 13.5. The van der Waals surface area contributed by atoms with Gasteiger partial charge in [0.05, 0.1) is 18.8 Å². The topological polar surface area (TPSA) is 77.8 Å². The van der Waals surface area contributed by atoms with Crippen LogP contribution in [0.4, 0.5) is 5.69 Å². The Bertz CT molecular complexity index is 908. The first-order valence-corrected chi connectivity index (χ1v) is 9.51. The number of nitrogens with zero attached hydrogens (tertiary/aromatic N) is 5. The molecule has 7 heteroatoms. The number of pyridine rings is 1. The fourth-order valence-electron chi connectivity index (χ4n) is 3.51. The quantitative estimate of drug-likeness (QED) is 0.646. The van der Waals surface area contributed by atoms with Gasteiger partial charge in [0, 0.05) is 19.0 Å². The lowest BCUT2D eigenvalue weighted by Gasteiger charge is -2.38. The normalized spacial score (nSPS) is 13.5. The standard InChI is InChI=1S/C21H28N6O/c1-15(2)21(19-8-6-7-11-22-19,20-24-25-26-27(20)12-13-28-5)23-18-10-9-16(3)14-17(18)4/h6-11,14-15,23H,12-13H2,1-5H3. The third-order valence-electron chi connectivity index (χ3n) is 5.04. The molecule has 0 aliphatic heterocycles. The number of nitrogens with one attached hydrogen (secondary N) is 1. The van der Waals surface area contributed by atoms with Crippen LogP contribution < -0.4 is 5.32 Å². The highest BCUT2D eigenvalue weighted by Crippen LogP contribution is 2.38. The van der Waals surface area contributed by atoms with Crippen LogP contribution in [0.3, 0.4) is 0 Å². The van der Waals surface area contributed by atoms with Crippen LogP contribution in [0.5, 0.6) is 0 Å². The second-order valence-electron chi connectivity index (χ2n) is 7.34. The maximum absolute atomic E-state index is 5.25. The number of anilines is 1. The van der Waals surface area contributed by atoms with Crippen LogP contribution in [-0.2, 0) is 16.8 Å². The maximum Gasteiger partial charge on any atom is 0.183 e. The monoisotopic (exact) mass is 380 g/mol. The molecule has 2 aromatic heterocycles. The molecule has 0 radical (unpaired) electrons. The van der Waals surface area contributed by atoms with E-state index in [1.807, 2.05) is 18.2 Å². The molecule has 1 unspecified atom stereocenters. The molecule has 7 nitrogen and oxygen atoms in total. The molecular formula is C21H28N6O. The van der Waals surface area contributed by atoms with Crippen molar-refractivity contribution in [1.29, 1.82) is 0 Å². The van der Waals surface area contributed by atoms with E-state index in [0.29, 0.717) is 13.2 Å². The fraction of sp³-hybridized carbons (Fsp3) is 0.429. The highest BCUT2D eigenvalue weighted by molar-refractivity contribution is 5.56. The van der Waals surface area contributed by atoms with Crippen molar-refractivity contribution in [2.45, 2.75) is 39.8 Å². The first-order valence-electron chi connectivity index (χ1n) is 9.51. The first kappa shape index (κ1) is 19.9. The zero-order valence-electron chi connectivity index (χ0n) is 17.2. The molecule has 1 atom stereocenters. The number of tetrazole rings is 1. The summed E-state index contributed by atoms with van der Waals surface area (Å²) in [5.74, 6) is 0.841. The Labute approximate surface area is 166 Å². The molecule has 0 spiro atoms. The number of hydrogen-bond donors (Lipinski definition) is 1. The van der Waals surface area contributed by atoms with E-state index < -0.39 is 5.54 Å². The van der Waals surface area contributed by atoms with Gasteiger partial charge in [-0.05, 0) is 54.0 Å². The lowest BCUT2D eigenvalue weighted by Crippen LogP contribution is -2.45. The average Bonchev–Trinajstić information content (AvgIpc) is 3.15. The number of hydrogen-bond acceptors (Lipinski definition) is 6. The van der Waals surface area contributed by atoms with Gasteiger partial charge in [-0.1, -0.05) is 37.6 Å². The van der Waals surface area contributed by atoms with Crippen molar-refractivity contribution in [2.75, 3.05) is 19.0 Å². The molecule has 0 aliphatic carbocycles. The lowest BCUT2D eigenvalue weighted by molar-refractivity contribution is 0.179. The van der Waals surface area contributed by atoms with Gasteiger partial charge in [0.15, 0.2) is 5.82 Å². The Morgan fingerprint density at radius 2 is 2.00 bits per heavy atom. The van der Waals surface area contributed by atoms with E-state index >= 15 is 0 Å². The second-order valence-corrected chi connectivity index (χ2v) is 7.34. The van der Waals surface area contributed by atoms with Crippen molar-refractivity contribution in [3.63, 3.8) is 0 Å². The molecule has 1 N–H and O–H groups in total. The third-order valence-corrected chi connectivity index (χ3v) is 5.04. The molecule has 3 aromatic rings. The SMILES string of the molecule is COCCn1nnnc1C(Nc1ccc(C)cc1C)(c1ccccn1)C(C)C. The van der Waals surface area contributed by atoms with Gasteiger partial charge in [-0.25, -0.2) is 4.68 Å². The summed E-state index contributed by atoms with van der Waals surface area (Å²) in [6.45, 7) is 9.59. The van der Waals surface area contributed by atoms with E-state index in [2.05, 4.69) is 66.7 Å². The Balaban J connectivity index is 2.19. The van der Waals surface area contributed by atoms with E-state index in [1.165, 1.54) is 5.56 Å². The Kier molecular flexibility index (Phi) is 6.04. The van der Waals surface area contributed by atoms with Gasteiger partial charge in [-0.3, -0.25) is 4.98 Å². The minimum absolute atomic E-state index is 0.121. The molecule has 0 amide bonds. The maximum atomic E-state index is 5.25. The zero-order chi connectivity index (χ0) is 20.1. The summed E-state index contributed by atoms with van der Waals surface area (Å²) in [5.41, 5.74) is 3.60. The molecule has 3 rings (SSSR count). The number of methoxy groups -OCH3 is 1. The summed E-state index contributed by atoms with van der Waals surface area (Å²) in [6.07, 6.45) is 1.80. The zero-order valence-corrected chi connectivity index (χ0v) is 17.2. The summed E-state index contributed by atoms with van der Waals surface area (Å²) < 4.78 is 7.05. The van der Waals surface area contributed by atoms with Crippen LogP contribution in [0.25, 0.3) is 0 Å². The van der Waals surface area contributed by atoms with Gasteiger partial charge in [0.2, 0.25) is 0 Å². The molecule has 0 aliphatic rings. The summed E-state index contributed by atoms with van der Waals surface area (Å²) in [7, 11) is 1.67. The number of benzene rings is 1. The van der Waals surface area contributed by atoms with Crippen LogP contribution in [-0.4, -0.2) is 38.9 Å². The predicted molar refractivity (Wildman–Crippen MR) is 109 cm³/mol. The number of aryl methyl sites for hydroxylation is 2. The van der Waals surface area contributed by atoms with E-state index in [0.717, 1.165) is 22.8 Å². The van der Waals surface area contributed by atoms with Crippen LogP contribution in [0.2, 0.25) is 0 Å². The van der Waals surface area contributed by atoms with Crippen molar-refractivity contribution in [1.82, 2.24) is 25.2 Å². The van der Waals surface area contributed by atoms with Crippen LogP contribution in [0.15, 0.2) is 42.6 Å². The van der Waals surface area contributed by atoms with Gasteiger partial charge in [-0.2, -0.15) is 0 Å². The van der Waals surface area contributed by atoms with E-state index in [-0.39, 0.29) is 5.92 Å². The van der Waals surface area contributed by atoms with Crippen molar-refractivity contribution in [3.8, 4) is 0 Å². The van der Waals surface area contributed by atoms with Crippen molar-refractivity contribution in [3.05, 3.63) is 65.2 Å². The van der Waals surface area contributed by atoms with Crippen LogP contribution >= 0.6 is 0 Å². The summed E-state index contributed by atoms with van der Waals surface area (Å²) in [4.78, 5) is 4.69. The molecule has 28 heavy (non-hydrogen) atoms. The van der Waals surface area contributed by atoms with E-state index in [4.69, 9.17) is 9.72 Å². The van der Waals surface area contributed by atoms with Gasteiger partial charge in [0.25, 0.3) is 0 Å². The second kappa shape index (κ2) is 8.48. The van der Waals surface area contributed by atoms with Crippen molar-refractivity contribution >= 4 is 5.69 Å². The molecule has 0 saturated carbocycles. The average molecular weight is 380 g/mol. The lowest BCUT2D eigenvalue weighted by atomic mass is 9.81. The third kappa shape index (κ3) is 3.75. The summed E-state index contributed by atoms with van der Waals surface area (Å²) >= 11 is 0. The van der Waals surface area contributed by atoms with E-state index in [1.54, 1.807) is 18.0 Å². The number of aromatic nitrogens is 5. The largest absolute Gasteiger partial charge is 0.383 e. The minimum atomic E-state index is -0.696. The van der Waals surface area contributed by atoms with Crippen molar-refractivity contribution < 1.29 is 4.74 Å². The van der Waals surface area contributed by atoms with Gasteiger partial charge in [0.1, 0.15) is 5.54 Å². The molecule has 0 fully saturated rings. The molecule has 148 valence electrons. The van der Waals surface area contributed by atoms with Crippen molar-refractivity contribution in [2.24, 2.45) is 5.92 Å².